The van der Waals surface area contributed by atoms with Gasteiger partial charge < -0.3 is 19.5 Å². The Morgan fingerprint density at radius 3 is 2.88 bits per heavy atom. The molecular formula is C13H27NO3. The highest BCUT2D eigenvalue weighted by molar-refractivity contribution is 4.64. The summed E-state index contributed by atoms with van der Waals surface area (Å²) in [4.78, 5) is 0. The van der Waals surface area contributed by atoms with E-state index in [0.29, 0.717) is 6.10 Å². The van der Waals surface area contributed by atoms with Crippen molar-refractivity contribution in [2.75, 3.05) is 46.6 Å². The molecule has 0 aliphatic carbocycles. The molecule has 0 bridgehead atoms. The van der Waals surface area contributed by atoms with Crippen LogP contribution in [0.15, 0.2) is 0 Å². The summed E-state index contributed by atoms with van der Waals surface area (Å²) in [5.74, 6) is 0. The van der Waals surface area contributed by atoms with E-state index in [-0.39, 0.29) is 0 Å². The van der Waals surface area contributed by atoms with E-state index >= 15 is 0 Å². The van der Waals surface area contributed by atoms with Crippen molar-refractivity contribution in [3.05, 3.63) is 0 Å². The molecule has 1 rings (SSSR count). The van der Waals surface area contributed by atoms with Crippen LogP contribution in [0.5, 0.6) is 0 Å². The third kappa shape index (κ3) is 8.55. The first kappa shape index (κ1) is 14.9. The SMILES string of the molecule is COCCCOCCNCCC1CCCCO1. The molecule has 1 aliphatic rings. The first-order valence-electron chi connectivity index (χ1n) is 6.82. The highest BCUT2D eigenvalue weighted by Crippen LogP contribution is 2.14. The lowest BCUT2D eigenvalue weighted by Gasteiger charge is -2.22. The number of hydrogen-bond acceptors (Lipinski definition) is 4. The lowest BCUT2D eigenvalue weighted by atomic mass is 10.1. The first-order chi connectivity index (χ1) is 8.43. The van der Waals surface area contributed by atoms with Crippen molar-refractivity contribution in [2.45, 2.75) is 38.2 Å². The van der Waals surface area contributed by atoms with Crippen molar-refractivity contribution in [1.29, 1.82) is 0 Å². The van der Waals surface area contributed by atoms with Crippen molar-refractivity contribution in [3.8, 4) is 0 Å². The van der Waals surface area contributed by atoms with Gasteiger partial charge in [-0.1, -0.05) is 0 Å². The Balaban J connectivity index is 1.75. The fourth-order valence-electron chi connectivity index (χ4n) is 1.97. The Hall–Kier alpha value is -0.160. The molecule has 0 spiro atoms. The summed E-state index contributed by atoms with van der Waals surface area (Å²) in [6.07, 6.45) is 6.39. The summed E-state index contributed by atoms with van der Waals surface area (Å²) in [5.41, 5.74) is 0. The van der Waals surface area contributed by atoms with Crippen molar-refractivity contribution in [2.24, 2.45) is 0 Å². The molecule has 4 heteroatoms. The van der Waals surface area contributed by atoms with Gasteiger partial charge in [0.15, 0.2) is 0 Å². The fourth-order valence-corrected chi connectivity index (χ4v) is 1.97. The van der Waals surface area contributed by atoms with Gasteiger partial charge in [0.2, 0.25) is 0 Å². The van der Waals surface area contributed by atoms with E-state index in [1.807, 2.05) is 0 Å². The summed E-state index contributed by atoms with van der Waals surface area (Å²) in [6.45, 7) is 5.28. The summed E-state index contributed by atoms with van der Waals surface area (Å²) in [5, 5.41) is 3.39. The van der Waals surface area contributed by atoms with E-state index in [1.165, 1.54) is 19.3 Å². The van der Waals surface area contributed by atoms with Crippen LogP contribution in [0.4, 0.5) is 0 Å². The molecule has 0 amide bonds. The first-order valence-corrected chi connectivity index (χ1v) is 6.82. The molecule has 0 aromatic rings. The zero-order chi connectivity index (χ0) is 12.2. The molecular weight excluding hydrogens is 218 g/mol. The standard InChI is InChI=1S/C13H27NO3/c1-15-9-4-10-16-12-8-14-7-6-13-5-2-3-11-17-13/h13-14H,2-12H2,1H3. The average Bonchev–Trinajstić information content (AvgIpc) is 2.38. The zero-order valence-corrected chi connectivity index (χ0v) is 11.1. The topological polar surface area (TPSA) is 39.7 Å². The predicted octanol–water partition coefficient (Wildman–Crippen LogP) is 1.59. The van der Waals surface area contributed by atoms with E-state index in [9.17, 15) is 0 Å². The lowest BCUT2D eigenvalue weighted by molar-refractivity contribution is 0.0112. The van der Waals surface area contributed by atoms with Crippen LogP contribution in [0.1, 0.15) is 32.1 Å². The van der Waals surface area contributed by atoms with Crippen molar-refractivity contribution in [1.82, 2.24) is 5.32 Å². The molecule has 1 aliphatic heterocycles. The highest BCUT2D eigenvalue weighted by atomic mass is 16.5. The zero-order valence-electron chi connectivity index (χ0n) is 11.1. The van der Waals surface area contributed by atoms with Gasteiger partial charge in [-0.3, -0.25) is 0 Å². The van der Waals surface area contributed by atoms with Gasteiger partial charge >= 0.3 is 0 Å². The van der Waals surface area contributed by atoms with Crippen LogP contribution in [-0.4, -0.2) is 52.7 Å². The Kier molecular flexibility index (Phi) is 9.61. The largest absolute Gasteiger partial charge is 0.385 e. The van der Waals surface area contributed by atoms with Crippen molar-refractivity contribution in [3.63, 3.8) is 0 Å². The minimum atomic E-state index is 0.485. The minimum absolute atomic E-state index is 0.485. The van der Waals surface area contributed by atoms with Crippen LogP contribution in [0.25, 0.3) is 0 Å². The van der Waals surface area contributed by atoms with Gasteiger partial charge in [0.1, 0.15) is 0 Å². The predicted molar refractivity (Wildman–Crippen MR) is 68.4 cm³/mol. The Bertz CT molecular complexity index is 161. The van der Waals surface area contributed by atoms with Gasteiger partial charge in [-0.25, -0.2) is 0 Å². The third-order valence-electron chi connectivity index (χ3n) is 2.98. The third-order valence-corrected chi connectivity index (χ3v) is 2.98. The molecule has 0 radical (unpaired) electrons. The Morgan fingerprint density at radius 2 is 2.12 bits per heavy atom. The molecule has 102 valence electrons. The smallest absolute Gasteiger partial charge is 0.0590 e. The average molecular weight is 245 g/mol. The quantitative estimate of drug-likeness (QED) is 0.593. The van der Waals surface area contributed by atoms with Gasteiger partial charge in [0.25, 0.3) is 0 Å². The summed E-state index contributed by atoms with van der Waals surface area (Å²) in [6, 6.07) is 0. The van der Waals surface area contributed by atoms with Crippen LogP contribution in [0.3, 0.4) is 0 Å². The van der Waals surface area contributed by atoms with Gasteiger partial charge in [-0.05, 0) is 38.6 Å². The van der Waals surface area contributed by atoms with E-state index < -0.39 is 0 Å². The van der Waals surface area contributed by atoms with E-state index in [0.717, 1.165) is 52.4 Å². The fraction of sp³-hybridized carbons (Fsp3) is 1.00. The molecule has 4 nitrogen and oxygen atoms in total. The minimum Gasteiger partial charge on any atom is -0.385 e. The molecule has 1 fully saturated rings. The maximum absolute atomic E-state index is 5.66. The maximum atomic E-state index is 5.66. The van der Waals surface area contributed by atoms with E-state index in [1.54, 1.807) is 7.11 Å². The summed E-state index contributed by atoms with van der Waals surface area (Å²) >= 11 is 0. The molecule has 1 saturated heterocycles. The molecule has 0 aromatic carbocycles. The number of nitrogens with one attached hydrogen (secondary N) is 1. The number of rotatable bonds is 10. The second-order valence-corrected chi connectivity index (χ2v) is 4.49. The Morgan fingerprint density at radius 1 is 1.18 bits per heavy atom. The molecule has 0 saturated carbocycles. The molecule has 1 heterocycles. The van der Waals surface area contributed by atoms with Crippen LogP contribution >= 0.6 is 0 Å². The number of methoxy groups -OCH3 is 1. The van der Waals surface area contributed by atoms with E-state index in [2.05, 4.69) is 5.32 Å². The van der Waals surface area contributed by atoms with Crippen LogP contribution in [0.2, 0.25) is 0 Å². The van der Waals surface area contributed by atoms with Crippen molar-refractivity contribution < 1.29 is 14.2 Å². The lowest BCUT2D eigenvalue weighted by Crippen LogP contribution is -2.27. The molecule has 17 heavy (non-hydrogen) atoms. The highest BCUT2D eigenvalue weighted by Gasteiger charge is 2.12. The monoisotopic (exact) mass is 245 g/mol. The molecule has 1 atom stereocenters. The van der Waals surface area contributed by atoms with Gasteiger partial charge in [0, 0.05) is 33.5 Å². The molecule has 0 aromatic heterocycles. The van der Waals surface area contributed by atoms with E-state index in [4.69, 9.17) is 14.2 Å². The van der Waals surface area contributed by atoms with Gasteiger partial charge in [0.05, 0.1) is 12.7 Å². The van der Waals surface area contributed by atoms with Gasteiger partial charge in [-0.2, -0.15) is 0 Å². The molecule has 1 N–H and O–H groups in total. The van der Waals surface area contributed by atoms with Gasteiger partial charge in [-0.15, -0.1) is 0 Å². The maximum Gasteiger partial charge on any atom is 0.0590 e. The Labute approximate surface area is 105 Å². The normalized spacial score (nSPS) is 20.6. The van der Waals surface area contributed by atoms with Crippen LogP contribution in [-0.2, 0) is 14.2 Å². The second-order valence-electron chi connectivity index (χ2n) is 4.49. The summed E-state index contributed by atoms with van der Waals surface area (Å²) < 4.78 is 16.1. The molecule has 1 unspecified atom stereocenters. The summed E-state index contributed by atoms with van der Waals surface area (Å²) in [7, 11) is 1.72. The van der Waals surface area contributed by atoms with Crippen LogP contribution in [0, 0.1) is 0 Å². The number of ether oxygens (including phenoxy) is 3. The van der Waals surface area contributed by atoms with Crippen LogP contribution < -0.4 is 5.32 Å². The number of hydrogen-bond donors (Lipinski definition) is 1. The second kappa shape index (κ2) is 11.0. The van der Waals surface area contributed by atoms with Crippen molar-refractivity contribution >= 4 is 0 Å².